The van der Waals surface area contributed by atoms with Crippen molar-refractivity contribution >= 4 is 10.0 Å². The maximum absolute atomic E-state index is 12.0. The molecule has 0 amide bonds. The normalized spacial score (nSPS) is 11.1. The van der Waals surface area contributed by atoms with E-state index < -0.39 is 10.0 Å². The van der Waals surface area contributed by atoms with E-state index in [1.807, 2.05) is 6.07 Å². The molecule has 0 unspecified atom stereocenters. The summed E-state index contributed by atoms with van der Waals surface area (Å²) in [5, 5.41) is 12.5. The van der Waals surface area contributed by atoms with Crippen molar-refractivity contribution in [2.24, 2.45) is 0 Å². The topological polar surface area (TPSA) is 109 Å². The highest BCUT2D eigenvalue weighted by molar-refractivity contribution is 7.89. The highest BCUT2D eigenvalue weighted by Crippen LogP contribution is 2.13. The van der Waals surface area contributed by atoms with Gasteiger partial charge >= 0.3 is 0 Å². The Morgan fingerprint density at radius 2 is 2.16 bits per heavy atom. The highest BCUT2D eigenvalue weighted by Gasteiger charge is 2.17. The molecule has 0 saturated heterocycles. The average molecular weight is 278 g/mol. The maximum Gasteiger partial charge on any atom is 0.241 e. The standard InChI is InChI=1S/C11H10N4O3S/c12-7-9-3-1-2-4-10(9)19(16,17)14-6-5-11-13-8-18-15-11/h1-4,8,14H,5-6H2. The minimum Gasteiger partial charge on any atom is -0.343 e. The SMILES string of the molecule is N#Cc1ccccc1S(=O)(=O)NCCc1ncon1. The highest BCUT2D eigenvalue weighted by atomic mass is 32.2. The molecule has 7 nitrogen and oxygen atoms in total. The number of hydrogen-bond acceptors (Lipinski definition) is 6. The first-order valence-electron chi connectivity index (χ1n) is 5.37. The number of nitrogens with zero attached hydrogens (tertiary/aromatic N) is 3. The third-order valence-corrected chi connectivity index (χ3v) is 3.86. The van der Waals surface area contributed by atoms with Crippen molar-refractivity contribution in [1.29, 1.82) is 5.26 Å². The summed E-state index contributed by atoms with van der Waals surface area (Å²) in [5.74, 6) is 0.413. The van der Waals surface area contributed by atoms with E-state index in [0.717, 1.165) is 0 Å². The fourth-order valence-corrected chi connectivity index (χ4v) is 2.66. The van der Waals surface area contributed by atoms with Crippen LogP contribution in [0.2, 0.25) is 0 Å². The Morgan fingerprint density at radius 1 is 1.37 bits per heavy atom. The lowest BCUT2D eigenvalue weighted by Crippen LogP contribution is -2.26. The molecule has 19 heavy (non-hydrogen) atoms. The van der Waals surface area contributed by atoms with Crippen LogP contribution in [-0.2, 0) is 16.4 Å². The number of sulfonamides is 1. The van der Waals surface area contributed by atoms with Crippen molar-refractivity contribution in [1.82, 2.24) is 14.9 Å². The number of nitrogens with one attached hydrogen (secondary N) is 1. The minimum atomic E-state index is -3.71. The van der Waals surface area contributed by atoms with Crippen LogP contribution in [0.5, 0.6) is 0 Å². The number of aromatic nitrogens is 2. The van der Waals surface area contributed by atoms with Crippen LogP contribution in [0, 0.1) is 11.3 Å². The lowest BCUT2D eigenvalue weighted by Gasteiger charge is -2.06. The van der Waals surface area contributed by atoms with Gasteiger partial charge in [-0.25, -0.2) is 13.1 Å². The van der Waals surface area contributed by atoms with Gasteiger partial charge < -0.3 is 4.52 Å². The molecule has 0 fully saturated rings. The van der Waals surface area contributed by atoms with Gasteiger partial charge in [0.1, 0.15) is 6.07 Å². The monoisotopic (exact) mass is 278 g/mol. The van der Waals surface area contributed by atoms with E-state index in [0.29, 0.717) is 12.2 Å². The molecule has 0 aliphatic carbocycles. The van der Waals surface area contributed by atoms with Crippen LogP contribution in [-0.4, -0.2) is 25.1 Å². The Morgan fingerprint density at radius 3 is 2.84 bits per heavy atom. The van der Waals surface area contributed by atoms with Crippen LogP contribution in [0.4, 0.5) is 0 Å². The third kappa shape index (κ3) is 3.15. The summed E-state index contributed by atoms with van der Waals surface area (Å²) in [7, 11) is -3.71. The quantitative estimate of drug-likeness (QED) is 0.851. The fraction of sp³-hybridized carbons (Fsp3) is 0.182. The van der Waals surface area contributed by atoms with Gasteiger partial charge in [0.2, 0.25) is 16.4 Å². The van der Waals surface area contributed by atoms with Gasteiger partial charge in [-0.15, -0.1) is 0 Å². The van der Waals surface area contributed by atoms with Crippen LogP contribution in [0.15, 0.2) is 40.1 Å². The molecule has 0 spiro atoms. The number of benzene rings is 1. The lowest BCUT2D eigenvalue weighted by molar-refractivity contribution is 0.410. The second kappa shape index (κ2) is 5.60. The van der Waals surface area contributed by atoms with Gasteiger partial charge in [-0.3, -0.25) is 0 Å². The predicted octanol–water partition coefficient (Wildman–Crippen LogP) is 0.462. The Bertz CT molecular complexity index is 689. The molecule has 0 bridgehead atoms. The molecule has 0 radical (unpaired) electrons. The zero-order valence-electron chi connectivity index (χ0n) is 9.78. The third-order valence-electron chi connectivity index (χ3n) is 2.34. The van der Waals surface area contributed by atoms with Crippen LogP contribution in [0.1, 0.15) is 11.4 Å². The Hall–Kier alpha value is -2.24. The van der Waals surface area contributed by atoms with Crippen molar-refractivity contribution in [3.63, 3.8) is 0 Å². The molecule has 0 atom stereocenters. The van der Waals surface area contributed by atoms with Gasteiger partial charge in [0.15, 0.2) is 5.82 Å². The summed E-state index contributed by atoms with van der Waals surface area (Å²) < 4.78 is 31.0. The van der Waals surface area contributed by atoms with E-state index in [2.05, 4.69) is 19.4 Å². The minimum absolute atomic E-state index is 0.0365. The molecule has 8 heteroatoms. The van der Waals surface area contributed by atoms with Gasteiger partial charge in [0.05, 0.1) is 10.5 Å². The lowest BCUT2D eigenvalue weighted by atomic mass is 10.2. The van der Waals surface area contributed by atoms with Gasteiger partial charge in [0, 0.05) is 13.0 Å². The first-order valence-corrected chi connectivity index (χ1v) is 6.86. The molecule has 0 saturated carbocycles. The number of nitriles is 1. The maximum atomic E-state index is 12.0. The van der Waals surface area contributed by atoms with E-state index in [-0.39, 0.29) is 17.0 Å². The van der Waals surface area contributed by atoms with Crippen molar-refractivity contribution in [2.75, 3.05) is 6.54 Å². The van der Waals surface area contributed by atoms with E-state index in [4.69, 9.17) is 5.26 Å². The Balaban J connectivity index is 2.08. The van der Waals surface area contributed by atoms with E-state index in [1.165, 1.54) is 18.5 Å². The fourth-order valence-electron chi connectivity index (χ4n) is 1.47. The zero-order chi connectivity index (χ0) is 13.7. The first-order chi connectivity index (χ1) is 9.13. The molecular formula is C11H10N4O3S. The molecule has 1 aromatic carbocycles. The summed E-state index contributed by atoms with van der Waals surface area (Å²) in [5.41, 5.74) is 0.106. The molecular weight excluding hydrogens is 268 g/mol. The first kappa shape index (κ1) is 13.2. The summed E-state index contributed by atoms with van der Waals surface area (Å²) in [6, 6.07) is 7.86. The van der Waals surface area contributed by atoms with Crippen LogP contribution >= 0.6 is 0 Å². The molecule has 1 N–H and O–H groups in total. The van der Waals surface area contributed by atoms with Crippen molar-refractivity contribution in [3.8, 4) is 6.07 Å². The summed E-state index contributed by atoms with van der Waals surface area (Å²) >= 11 is 0. The van der Waals surface area contributed by atoms with Crippen molar-refractivity contribution in [3.05, 3.63) is 42.0 Å². The van der Waals surface area contributed by atoms with Crippen molar-refractivity contribution in [2.45, 2.75) is 11.3 Å². The largest absolute Gasteiger partial charge is 0.343 e. The van der Waals surface area contributed by atoms with Gasteiger partial charge in [-0.05, 0) is 12.1 Å². The Kier molecular flexibility index (Phi) is 3.89. The summed E-state index contributed by atoms with van der Waals surface area (Å²) in [6.45, 7) is 0.127. The van der Waals surface area contributed by atoms with E-state index in [9.17, 15) is 8.42 Å². The Labute approximate surface area is 109 Å². The molecule has 2 rings (SSSR count). The molecule has 1 heterocycles. The number of rotatable bonds is 5. The molecule has 98 valence electrons. The second-order valence-corrected chi connectivity index (χ2v) is 5.34. The predicted molar refractivity (Wildman–Crippen MR) is 64.3 cm³/mol. The van der Waals surface area contributed by atoms with E-state index >= 15 is 0 Å². The van der Waals surface area contributed by atoms with Crippen LogP contribution < -0.4 is 4.72 Å². The van der Waals surface area contributed by atoms with Crippen LogP contribution in [0.3, 0.4) is 0 Å². The second-order valence-electron chi connectivity index (χ2n) is 3.60. The van der Waals surface area contributed by atoms with Gasteiger partial charge in [-0.1, -0.05) is 17.3 Å². The van der Waals surface area contributed by atoms with Crippen molar-refractivity contribution < 1.29 is 12.9 Å². The summed E-state index contributed by atoms with van der Waals surface area (Å²) in [6.07, 6.45) is 1.49. The van der Waals surface area contributed by atoms with Gasteiger partial charge in [-0.2, -0.15) is 10.2 Å². The summed E-state index contributed by atoms with van der Waals surface area (Å²) in [4.78, 5) is 3.74. The van der Waals surface area contributed by atoms with E-state index in [1.54, 1.807) is 12.1 Å². The molecule has 0 aliphatic rings. The number of hydrogen-bond donors (Lipinski definition) is 1. The smallest absolute Gasteiger partial charge is 0.241 e. The van der Waals surface area contributed by atoms with Crippen LogP contribution in [0.25, 0.3) is 0 Å². The average Bonchev–Trinajstić information content (AvgIpc) is 2.91. The molecule has 1 aromatic heterocycles. The van der Waals surface area contributed by atoms with Gasteiger partial charge in [0.25, 0.3) is 0 Å². The molecule has 0 aliphatic heterocycles. The zero-order valence-corrected chi connectivity index (χ0v) is 10.6. The molecule has 2 aromatic rings.